The number of allylic oxidation sites excluding steroid dienone is 1. The number of ether oxygens (including phenoxy) is 1. The van der Waals surface area contributed by atoms with Crippen molar-refractivity contribution in [2.75, 3.05) is 6.61 Å². The molecule has 0 aliphatic carbocycles. The molecule has 2 aromatic rings. The van der Waals surface area contributed by atoms with Crippen LogP contribution in [0.4, 0.5) is 4.39 Å². The van der Waals surface area contributed by atoms with E-state index < -0.39 is 11.5 Å². The number of hydrogen-bond acceptors (Lipinski definition) is 6. The molecule has 1 aromatic heterocycles. The quantitative estimate of drug-likeness (QED) is 0.787. The number of benzene rings is 1. The van der Waals surface area contributed by atoms with Gasteiger partial charge in [-0.25, -0.2) is 19.2 Å². The van der Waals surface area contributed by atoms with Crippen LogP contribution >= 0.6 is 11.3 Å². The van der Waals surface area contributed by atoms with Crippen molar-refractivity contribution < 1.29 is 13.9 Å². The topological polar surface area (TPSA) is 63.6 Å². The van der Waals surface area contributed by atoms with Crippen LogP contribution < -0.4 is 5.32 Å². The lowest BCUT2D eigenvalue weighted by atomic mass is 9.82. The molecule has 7 heteroatoms. The van der Waals surface area contributed by atoms with Crippen molar-refractivity contribution in [3.05, 3.63) is 63.5 Å². The number of carbonyl (C=O) groups is 1. The van der Waals surface area contributed by atoms with Gasteiger partial charge in [0.1, 0.15) is 11.4 Å². The molecule has 1 N–H and O–H groups in total. The largest absolute Gasteiger partial charge is 0.463 e. The number of nitrogens with one attached hydrogen (secondary N) is 1. The number of aromatic nitrogens is 1. The van der Waals surface area contributed by atoms with Crippen molar-refractivity contribution in [1.29, 1.82) is 0 Å². The first-order chi connectivity index (χ1) is 13.0. The Hall–Kier alpha value is -2.54. The summed E-state index contributed by atoms with van der Waals surface area (Å²) in [5.41, 5.74) is 0.745. The highest BCUT2D eigenvalue weighted by Crippen LogP contribution is 2.38. The van der Waals surface area contributed by atoms with Gasteiger partial charge in [0.2, 0.25) is 0 Å². The van der Waals surface area contributed by atoms with E-state index in [4.69, 9.17) is 9.73 Å². The number of rotatable bonds is 4. The van der Waals surface area contributed by atoms with Gasteiger partial charge in [-0.1, -0.05) is 26.0 Å². The molecule has 0 saturated carbocycles. The highest BCUT2D eigenvalue weighted by Gasteiger charge is 2.41. The van der Waals surface area contributed by atoms with E-state index in [-0.39, 0.29) is 12.4 Å². The Morgan fingerprint density at radius 1 is 1.30 bits per heavy atom. The van der Waals surface area contributed by atoms with Crippen LogP contribution in [0.5, 0.6) is 0 Å². The van der Waals surface area contributed by atoms with E-state index in [1.165, 1.54) is 23.5 Å². The molecule has 0 amide bonds. The number of nitrogens with zero attached hydrogens (tertiary/aromatic N) is 2. The molecule has 5 nitrogen and oxygen atoms in total. The Labute approximate surface area is 163 Å². The highest BCUT2D eigenvalue weighted by atomic mass is 32.1. The maximum Gasteiger partial charge on any atom is 0.338 e. The fourth-order valence-electron chi connectivity index (χ4n) is 2.89. The zero-order valence-corrected chi connectivity index (χ0v) is 17.0. The third-order valence-electron chi connectivity index (χ3n) is 4.02. The first-order valence-electron chi connectivity index (χ1n) is 8.87. The summed E-state index contributed by atoms with van der Waals surface area (Å²) >= 11 is 1.45. The molecule has 2 heterocycles. The number of thiazole rings is 1. The van der Waals surface area contributed by atoms with Crippen LogP contribution in [-0.2, 0) is 15.1 Å². The molecular formula is C20H24FN3O2S. The number of hydrogen-bond donors (Lipinski definition) is 1. The van der Waals surface area contributed by atoms with Crippen molar-refractivity contribution >= 4 is 23.1 Å². The lowest BCUT2D eigenvalue weighted by molar-refractivity contribution is -0.139. The zero-order valence-electron chi connectivity index (χ0n) is 16.2. The molecule has 1 aliphatic heterocycles. The zero-order chi connectivity index (χ0) is 20.0. The summed E-state index contributed by atoms with van der Waals surface area (Å²) in [5, 5.41) is 5.72. The maximum absolute atomic E-state index is 13.4. The maximum atomic E-state index is 13.4. The van der Waals surface area contributed by atoms with Gasteiger partial charge in [0.25, 0.3) is 0 Å². The van der Waals surface area contributed by atoms with Crippen molar-refractivity contribution in [2.24, 2.45) is 4.99 Å². The van der Waals surface area contributed by atoms with Gasteiger partial charge < -0.3 is 10.1 Å². The van der Waals surface area contributed by atoms with Crippen LogP contribution in [0.3, 0.4) is 0 Å². The van der Waals surface area contributed by atoms with Crippen molar-refractivity contribution in [3.63, 3.8) is 0 Å². The van der Waals surface area contributed by atoms with Crippen LogP contribution in [0.1, 0.15) is 45.2 Å². The number of aliphatic imine (C=N–C) groups is 1. The Kier molecular flexibility index (Phi) is 6.85. The van der Waals surface area contributed by atoms with Crippen LogP contribution in [0.2, 0.25) is 0 Å². The molecule has 27 heavy (non-hydrogen) atoms. The Morgan fingerprint density at radius 3 is 2.52 bits per heavy atom. The van der Waals surface area contributed by atoms with Gasteiger partial charge in [-0.15, -0.1) is 11.3 Å². The summed E-state index contributed by atoms with van der Waals surface area (Å²) in [6.45, 7) is 9.64. The van der Waals surface area contributed by atoms with Gasteiger partial charge in [0.05, 0.1) is 12.2 Å². The van der Waals surface area contributed by atoms with Gasteiger partial charge in [0.15, 0.2) is 10.8 Å². The van der Waals surface area contributed by atoms with Crippen LogP contribution in [-0.4, -0.2) is 23.4 Å². The van der Waals surface area contributed by atoms with Crippen molar-refractivity contribution in [1.82, 2.24) is 10.3 Å². The van der Waals surface area contributed by atoms with Gasteiger partial charge in [0, 0.05) is 17.3 Å². The molecule has 0 fully saturated rings. The molecular weight excluding hydrogens is 365 g/mol. The second-order valence-electron chi connectivity index (χ2n) is 5.72. The molecule has 1 aliphatic rings. The van der Waals surface area contributed by atoms with E-state index in [2.05, 4.69) is 10.3 Å². The smallest absolute Gasteiger partial charge is 0.338 e. The van der Waals surface area contributed by atoms with Crippen molar-refractivity contribution in [3.8, 4) is 0 Å². The number of esters is 1. The van der Waals surface area contributed by atoms with Crippen LogP contribution in [0, 0.1) is 5.82 Å². The van der Waals surface area contributed by atoms with Gasteiger partial charge in [-0.2, -0.15) is 0 Å². The molecule has 0 saturated heterocycles. The second kappa shape index (κ2) is 8.90. The third-order valence-corrected chi connectivity index (χ3v) is 4.80. The fraction of sp³-hybridized carbons (Fsp3) is 0.350. The summed E-state index contributed by atoms with van der Waals surface area (Å²) in [6.07, 6.45) is 1.69. The van der Waals surface area contributed by atoms with Crippen LogP contribution in [0.15, 0.2) is 52.1 Å². The molecule has 144 valence electrons. The Morgan fingerprint density at radius 2 is 1.96 bits per heavy atom. The van der Waals surface area contributed by atoms with Crippen molar-refractivity contribution in [2.45, 2.75) is 40.2 Å². The minimum absolute atomic E-state index is 0.262. The number of halogens is 1. The molecule has 3 rings (SSSR count). The van der Waals surface area contributed by atoms with E-state index >= 15 is 0 Å². The summed E-state index contributed by atoms with van der Waals surface area (Å²) in [5.74, 6) is -0.211. The van der Waals surface area contributed by atoms with Gasteiger partial charge in [-0.3, -0.25) is 0 Å². The average Bonchev–Trinajstić information content (AvgIpc) is 3.18. The Bertz CT molecular complexity index is 845. The molecule has 0 radical (unpaired) electrons. The summed E-state index contributed by atoms with van der Waals surface area (Å²) in [4.78, 5) is 21.6. The second-order valence-corrected chi connectivity index (χ2v) is 6.62. The number of carbonyl (C=O) groups excluding carboxylic acids is 1. The molecule has 0 spiro atoms. The predicted octanol–water partition coefficient (Wildman–Crippen LogP) is 4.41. The van der Waals surface area contributed by atoms with E-state index in [1.807, 2.05) is 26.2 Å². The monoisotopic (exact) mass is 389 g/mol. The summed E-state index contributed by atoms with van der Waals surface area (Å²) < 4.78 is 18.6. The standard InChI is InChI=1S/C18H18FN3O2S.C2H6/c1-4-24-17(23)14-11(2)21-15(16-20-9-10-25-16)22-18(14,3)12-5-7-13(19)8-6-12;1-2/h5-10H,4H2,1-3H3,(H,21,22);1-2H3/t18-;/m0./s1. The number of amidine groups is 1. The van der Waals surface area contributed by atoms with Crippen LogP contribution in [0.25, 0.3) is 0 Å². The third kappa shape index (κ3) is 4.24. The first kappa shape index (κ1) is 20.8. The lowest BCUT2D eigenvalue weighted by Crippen LogP contribution is -2.41. The minimum Gasteiger partial charge on any atom is -0.463 e. The molecule has 1 aromatic carbocycles. The summed E-state index contributed by atoms with van der Waals surface area (Å²) in [6, 6.07) is 5.99. The van der Waals surface area contributed by atoms with Gasteiger partial charge in [-0.05, 0) is 38.5 Å². The normalized spacial score (nSPS) is 18.8. The first-order valence-corrected chi connectivity index (χ1v) is 9.75. The minimum atomic E-state index is -1.00. The molecule has 0 bridgehead atoms. The lowest BCUT2D eigenvalue weighted by Gasteiger charge is -2.34. The van der Waals surface area contributed by atoms with E-state index in [0.717, 1.165) is 5.01 Å². The average molecular weight is 389 g/mol. The fourth-order valence-corrected chi connectivity index (χ4v) is 3.47. The van der Waals surface area contributed by atoms with Gasteiger partial charge >= 0.3 is 5.97 Å². The summed E-state index contributed by atoms with van der Waals surface area (Å²) in [7, 11) is 0. The molecule has 1 atom stereocenters. The predicted molar refractivity (Wildman–Crippen MR) is 106 cm³/mol. The van der Waals surface area contributed by atoms with E-state index in [9.17, 15) is 9.18 Å². The SMILES string of the molecule is CC.CCOC(=O)C1=C(C)NC(c2nccs2)=N[C@@]1(C)c1ccc(F)cc1. The molecule has 0 unspecified atom stereocenters. The highest BCUT2D eigenvalue weighted by molar-refractivity contribution is 7.11. The van der Waals surface area contributed by atoms with E-state index in [0.29, 0.717) is 22.7 Å². The Balaban J connectivity index is 0.00000126. The van der Waals surface area contributed by atoms with E-state index in [1.54, 1.807) is 32.2 Å².